The summed E-state index contributed by atoms with van der Waals surface area (Å²) < 4.78 is 98.2. The van der Waals surface area contributed by atoms with Crippen LogP contribution in [-0.2, 0) is 118 Å². The normalized spacial score (nSPS) is 24.7. The molecule has 0 aromatic rings. The van der Waals surface area contributed by atoms with Crippen molar-refractivity contribution in [3.8, 4) is 0 Å². The average Bonchev–Trinajstić information content (AvgIpc) is 1.59. The maximum absolute atomic E-state index is 14.5. The molecule has 4 fully saturated rings. The van der Waals surface area contributed by atoms with E-state index >= 15 is 0 Å². The first-order chi connectivity index (χ1) is 42.6. The first kappa shape index (κ1) is 79.8. The number of hydrogen-bond donors (Lipinski definition) is 2. The van der Waals surface area contributed by atoms with Crippen molar-refractivity contribution in [3.63, 3.8) is 0 Å². The zero-order valence-corrected chi connectivity index (χ0v) is 60.8. The number of ether oxygens (including phenoxy) is 10. The van der Waals surface area contributed by atoms with Crippen LogP contribution in [0.1, 0.15) is 88.0 Å². The number of fused-ring (bicyclic) bond motifs is 5. The van der Waals surface area contributed by atoms with E-state index in [0.717, 1.165) is 4.90 Å². The summed E-state index contributed by atoms with van der Waals surface area (Å²) >= 11 is 6.78. The molecule has 530 valence electrons. The number of alkyl halides is 2. The number of phosphoric acid groups is 2. The van der Waals surface area contributed by atoms with E-state index in [1.54, 1.807) is 12.2 Å². The third-order valence-corrected chi connectivity index (χ3v) is 19.2. The van der Waals surface area contributed by atoms with Crippen LogP contribution < -0.4 is 0 Å². The number of halogens is 2. The van der Waals surface area contributed by atoms with Crippen molar-refractivity contribution in [2.45, 2.75) is 121 Å². The zero-order chi connectivity index (χ0) is 70.2. The lowest BCUT2D eigenvalue weighted by Crippen LogP contribution is -2.47. The highest BCUT2D eigenvalue weighted by Crippen LogP contribution is 2.49. The topological polar surface area (TPSA) is 367 Å². The summed E-state index contributed by atoms with van der Waals surface area (Å²) in [4.78, 5) is 147. The molecule has 4 saturated heterocycles. The van der Waals surface area contributed by atoms with Gasteiger partial charge in [-0.1, -0.05) is 44.0 Å². The minimum absolute atomic E-state index is 0.0922. The first-order valence-electron chi connectivity index (χ1n) is 30.4. The van der Waals surface area contributed by atoms with Crippen LogP contribution in [0.4, 0.5) is 0 Å². The van der Waals surface area contributed by atoms with E-state index in [-0.39, 0.29) is 70.9 Å². The van der Waals surface area contributed by atoms with Crippen LogP contribution in [-0.4, -0.2) is 258 Å². The summed E-state index contributed by atoms with van der Waals surface area (Å²) in [7, 11) is 2.16. The average molecular weight is 1500 g/mol. The van der Waals surface area contributed by atoms with Crippen LogP contribution in [0, 0.1) is 38.9 Å². The number of carbonyl (C=O) groups is 9. The lowest BCUT2D eigenvalue weighted by atomic mass is 9.69. The van der Waals surface area contributed by atoms with Gasteiger partial charge in [-0.15, -0.1) is 0 Å². The molecular formula is C59H95Br2N3O27P2+2. The van der Waals surface area contributed by atoms with E-state index in [1.165, 1.54) is 62.3 Å². The number of rotatable bonds is 42. The molecule has 5 rings (SSSR count). The third kappa shape index (κ3) is 24.0. The van der Waals surface area contributed by atoms with Gasteiger partial charge in [-0.05, 0) is 88.0 Å². The third-order valence-electron chi connectivity index (χ3n) is 15.9. The number of epoxide rings is 2. The van der Waals surface area contributed by atoms with E-state index in [9.17, 15) is 62.1 Å². The van der Waals surface area contributed by atoms with Gasteiger partial charge in [0.15, 0.2) is 0 Å². The molecule has 5 aliphatic heterocycles. The molecule has 0 radical (unpaired) electrons. The minimum Gasteiger partial charge on any atom is -0.464 e. The number of likely N-dealkylation sites (N-methyl/N-ethyl adjacent to an activating group) is 2. The van der Waals surface area contributed by atoms with Gasteiger partial charge in [0, 0.05) is 0 Å². The second-order valence-electron chi connectivity index (χ2n) is 28.8. The molecule has 93 heavy (non-hydrogen) atoms. The Labute approximate surface area is 559 Å². The van der Waals surface area contributed by atoms with Crippen LogP contribution in [0.2, 0.25) is 0 Å². The van der Waals surface area contributed by atoms with Crippen molar-refractivity contribution in [1.82, 2.24) is 4.90 Å². The van der Waals surface area contributed by atoms with Gasteiger partial charge in [0.25, 0.3) is 0 Å². The molecule has 0 aliphatic carbocycles. The number of likely N-dealkylation sites (tertiary alicyclic amines) is 1. The Bertz CT molecular complexity index is 2700. The predicted molar refractivity (Wildman–Crippen MR) is 332 cm³/mol. The Balaban J connectivity index is 1.31. The van der Waals surface area contributed by atoms with E-state index in [2.05, 4.69) is 31.9 Å². The Kier molecular flexibility index (Phi) is 26.9. The molecule has 0 saturated carbocycles. The van der Waals surface area contributed by atoms with Crippen molar-refractivity contribution in [2.24, 2.45) is 38.9 Å². The summed E-state index contributed by atoms with van der Waals surface area (Å²) in [5, 5.41) is 0. The second kappa shape index (κ2) is 31.3. The number of hydrogen-bond acceptors (Lipinski definition) is 25. The Morgan fingerprint density at radius 2 is 0.828 bits per heavy atom. The van der Waals surface area contributed by atoms with E-state index in [4.69, 9.17) is 65.5 Å². The highest BCUT2D eigenvalue weighted by molar-refractivity contribution is 9.10. The standard InChI is InChI=1S/C59H93Br2N3O27P2/c1-53(2,32-55(5,48(69)83-30-38-28-81-38)34-58(8,60)51(72)79-24-26-89-92(74,75)87-22-19-63(10,11)12)46(67)85-36-57(7,50(71)78-21-18-62-44(65)42-40-16-17-41(91-40)43(42)45(62)66)37-86-47(68)54(3,4)33-56(6,49(70)84-31-39-29-82-39)35-59(9,61)52(73)80-25-27-90-93(76,77)88-23-20-64(13,14)15/h16-17,38-43H,18-37H2,1-15H3/p+2. The molecular weight excluding hydrogens is 1400 g/mol. The molecule has 12 unspecified atom stereocenters. The maximum atomic E-state index is 14.5. The number of esters is 7. The summed E-state index contributed by atoms with van der Waals surface area (Å²) in [6.45, 7) is 9.17. The lowest BCUT2D eigenvalue weighted by molar-refractivity contribution is -0.870. The highest BCUT2D eigenvalue weighted by Gasteiger charge is 2.61. The van der Waals surface area contributed by atoms with Gasteiger partial charge in [0.1, 0.15) is 98.8 Å². The maximum Gasteiger partial charge on any atom is 0.472 e. The molecule has 5 aliphatic rings. The number of nitrogens with zero attached hydrogens (tertiary/aromatic N) is 3. The van der Waals surface area contributed by atoms with Crippen molar-refractivity contribution >= 4 is 101 Å². The molecule has 0 aromatic heterocycles. The zero-order valence-electron chi connectivity index (χ0n) is 55.9. The van der Waals surface area contributed by atoms with Crippen LogP contribution in [0.25, 0.3) is 0 Å². The van der Waals surface area contributed by atoms with E-state index in [0.29, 0.717) is 35.3 Å². The summed E-state index contributed by atoms with van der Waals surface area (Å²) in [5.74, 6) is -9.06. The largest absolute Gasteiger partial charge is 0.472 e. The number of imide groups is 1. The molecule has 34 heteroatoms. The second-order valence-corrected chi connectivity index (χ2v) is 35.3. The number of phosphoric ester groups is 2. The van der Waals surface area contributed by atoms with Crippen molar-refractivity contribution in [1.29, 1.82) is 0 Å². The van der Waals surface area contributed by atoms with Gasteiger partial charge >= 0.3 is 57.4 Å². The first-order valence-corrected chi connectivity index (χ1v) is 35.0. The van der Waals surface area contributed by atoms with Crippen LogP contribution in [0.15, 0.2) is 12.2 Å². The van der Waals surface area contributed by atoms with Gasteiger partial charge in [-0.2, -0.15) is 0 Å². The molecule has 2 bridgehead atoms. The quantitative estimate of drug-likeness (QED) is 0.00997. The highest BCUT2D eigenvalue weighted by atomic mass is 79.9. The van der Waals surface area contributed by atoms with Crippen molar-refractivity contribution in [2.75, 3.05) is 148 Å². The van der Waals surface area contributed by atoms with Gasteiger partial charge < -0.3 is 66.1 Å². The lowest BCUT2D eigenvalue weighted by Gasteiger charge is -2.38. The van der Waals surface area contributed by atoms with Crippen molar-refractivity contribution in [3.05, 3.63) is 12.2 Å². The van der Waals surface area contributed by atoms with Crippen LogP contribution in [0.3, 0.4) is 0 Å². The Hall–Kier alpha value is -3.85. The van der Waals surface area contributed by atoms with Crippen molar-refractivity contribution < 1.29 is 136 Å². The van der Waals surface area contributed by atoms with Gasteiger partial charge in [0.05, 0.1) is 121 Å². The number of amides is 2. The fourth-order valence-corrected chi connectivity index (χ4v) is 13.8. The van der Waals surface area contributed by atoms with Gasteiger partial charge in [-0.3, -0.25) is 66.1 Å². The fourth-order valence-electron chi connectivity index (χ4n) is 10.9. The Morgan fingerprint density at radius 3 is 1.17 bits per heavy atom. The molecule has 0 spiro atoms. The summed E-state index contributed by atoms with van der Waals surface area (Å²) in [6.07, 6.45) is 0.0776. The number of carbonyl (C=O) groups excluding carboxylic acids is 9. The molecule has 5 heterocycles. The fraction of sp³-hybridized carbons (Fsp3) is 0.814. The smallest absolute Gasteiger partial charge is 0.464 e. The van der Waals surface area contributed by atoms with E-state index < -0.39 is 175 Å². The number of quaternary nitrogens is 2. The summed E-state index contributed by atoms with van der Waals surface area (Å²) in [5.41, 5.74) is -8.74. The van der Waals surface area contributed by atoms with Gasteiger partial charge in [0.2, 0.25) is 11.8 Å². The molecule has 12 atom stereocenters. The monoisotopic (exact) mass is 1500 g/mol. The molecule has 2 N–H and O–H groups in total. The molecule has 2 amide bonds. The van der Waals surface area contributed by atoms with Gasteiger partial charge in [-0.25, -0.2) is 9.13 Å². The van der Waals surface area contributed by atoms with Crippen LogP contribution in [0.5, 0.6) is 0 Å². The van der Waals surface area contributed by atoms with Crippen LogP contribution >= 0.6 is 47.5 Å². The summed E-state index contributed by atoms with van der Waals surface area (Å²) in [6, 6.07) is 0. The predicted octanol–water partition coefficient (Wildman–Crippen LogP) is 4.14. The van der Waals surface area contributed by atoms with E-state index in [1.807, 2.05) is 42.3 Å². The minimum atomic E-state index is -4.51. The molecule has 0 aromatic carbocycles. The Morgan fingerprint density at radius 1 is 0.495 bits per heavy atom. The molecule has 30 nitrogen and oxygen atoms in total. The SMILES string of the molecule is CC(C)(CC(C)(CC(C)(Br)C(=O)OCCOP(=O)(O)OCC[N+](C)(C)C)C(=O)OCC1CO1)C(=O)OCC(C)(COC(=O)C(C)(C)CC(C)(CC(C)(Br)C(=O)OCCOP(=O)(O)OCC[N+](C)(C)C)C(=O)OCC1CO1)C(=O)OCCN1C(=O)C2C3C=CC(O3)C2C1=O.